The summed E-state index contributed by atoms with van der Waals surface area (Å²) in [5.74, 6) is -1.69. The molecule has 0 amide bonds. The van der Waals surface area contributed by atoms with Gasteiger partial charge in [-0.3, -0.25) is 4.72 Å². The van der Waals surface area contributed by atoms with Crippen molar-refractivity contribution in [1.29, 1.82) is 0 Å². The number of methoxy groups -OCH3 is 1. The van der Waals surface area contributed by atoms with Gasteiger partial charge in [0, 0.05) is 7.11 Å². The predicted octanol–water partition coefficient (Wildman–Crippen LogP) is 2.07. The lowest BCUT2D eigenvalue weighted by molar-refractivity contribution is 0.136. The van der Waals surface area contributed by atoms with E-state index in [0.717, 1.165) is 0 Å². The fourth-order valence-electron chi connectivity index (χ4n) is 1.21. The minimum atomic E-state index is -3.80. The van der Waals surface area contributed by atoms with Gasteiger partial charge in [0.25, 0.3) is 0 Å². The second kappa shape index (κ2) is 5.85. The third-order valence-electron chi connectivity index (χ3n) is 2.19. The number of anilines is 1. The molecule has 18 heavy (non-hydrogen) atoms. The SMILES string of the molecule is COC(C)CS(=O)(=O)Nc1c(O)ccc(Br)c1F. The molecular formula is C10H13BrFNO4S. The van der Waals surface area contributed by atoms with Crippen LogP contribution in [-0.2, 0) is 14.8 Å². The highest BCUT2D eigenvalue weighted by Crippen LogP contribution is 2.32. The lowest BCUT2D eigenvalue weighted by Crippen LogP contribution is -2.25. The van der Waals surface area contributed by atoms with Gasteiger partial charge in [-0.1, -0.05) is 0 Å². The third kappa shape index (κ3) is 3.82. The van der Waals surface area contributed by atoms with Crippen LogP contribution in [0.4, 0.5) is 10.1 Å². The lowest BCUT2D eigenvalue weighted by Gasteiger charge is -2.14. The van der Waals surface area contributed by atoms with Crippen molar-refractivity contribution < 1.29 is 22.7 Å². The highest BCUT2D eigenvalue weighted by atomic mass is 79.9. The summed E-state index contributed by atoms with van der Waals surface area (Å²) >= 11 is 2.91. The Morgan fingerprint density at radius 3 is 2.72 bits per heavy atom. The Hall–Kier alpha value is -0.860. The summed E-state index contributed by atoms with van der Waals surface area (Å²) in [7, 11) is -2.43. The van der Waals surface area contributed by atoms with Crippen LogP contribution in [0.3, 0.4) is 0 Å². The van der Waals surface area contributed by atoms with E-state index in [-0.39, 0.29) is 10.2 Å². The van der Waals surface area contributed by atoms with Crippen molar-refractivity contribution in [3.63, 3.8) is 0 Å². The number of hydrogen-bond acceptors (Lipinski definition) is 4. The van der Waals surface area contributed by atoms with E-state index in [1.54, 1.807) is 6.92 Å². The molecule has 1 aromatic carbocycles. The lowest BCUT2D eigenvalue weighted by atomic mass is 10.3. The average Bonchev–Trinajstić information content (AvgIpc) is 2.29. The molecule has 1 aromatic rings. The second-order valence-corrected chi connectivity index (χ2v) is 6.31. The fourth-order valence-corrected chi connectivity index (χ4v) is 2.88. The quantitative estimate of drug-likeness (QED) is 0.804. The molecule has 0 aromatic heterocycles. The molecule has 5 nitrogen and oxygen atoms in total. The number of phenolic OH excluding ortho intramolecular Hbond substituents is 1. The van der Waals surface area contributed by atoms with Crippen molar-refractivity contribution in [3.8, 4) is 5.75 Å². The normalized spacial score (nSPS) is 13.3. The zero-order chi connectivity index (χ0) is 13.9. The number of phenols is 1. The van der Waals surface area contributed by atoms with Gasteiger partial charge in [0.15, 0.2) is 5.82 Å². The van der Waals surface area contributed by atoms with Crippen molar-refractivity contribution >= 4 is 31.6 Å². The number of aromatic hydroxyl groups is 1. The Bertz CT molecular complexity index is 535. The van der Waals surface area contributed by atoms with Crippen LogP contribution in [0.2, 0.25) is 0 Å². The van der Waals surface area contributed by atoms with Gasteiger partial charge in [-0.05, 0) is 35.0 Å². The minimum Gasteiger partial charge on any atom is -0.506 e. The highest BCUT2D eigenvalue weighted by Gasteiger charge is 2.20. The zero-order valence-electron chi connectivity index (χ0n) is 9.78. The first-order valence-corrected chi connectivity index (χ1v) is 7.41. The first kappa shape index (κ1) is 15.2. The molecule has 0 spiro atoms. The number of benzene rings is 1. The van der Waals surface area contributed by atoms with Gasteiger partial charge in [0.05, 0.1) is 16.3 Å². The van der Waals surface area contributed by atoms with E-state index in [9.17, 15) is 17.9 Å². The number of halogens is 2. The van der Waals surface area contributed by atoms with Crippen molar-refractivity contribution in [3.05, 3.63) is 22.4 Å². The zero-order valence-corrected chi connectivity index (χ0v) is 12.2. The van der Waals surface area contributed by atoms with Gasteiger partial charge < -0.3 is 9.84 Å². The number of sulfonamides is 1. The Morgan fingerprint density at radius 2 is 2.17 bits per heavy atom. The van der Waals surface area contributed by atoms with Crippen LogP contribution in [0.5, 0.6) is 5.75 Å². The van der Waals surface area contributed by atoms with Gasteiger partial charge in [-0.15, -0.1) is 0 Å². The molecule has 0 radical (unpaired) electrons. The molecule has 0 saturated heterocycles. The van der Waals surface area contributed by atoms with E-state index in [1.807, 2.05) is 4.72 Å². The van der Waals surface area contributed by atoms with E-state index in [4.69, 9.17) is 4.74 Å². The molecule has 0 aliphatic heterocycles. The second-order valence-electron chi connectivity index (χ2n) is 3.69. The first-order valence-electron chi connectivity index (χ1n) is 4.97. The van der Waals surface area contributed by atoms with Crippen LogP contribution < -0.4 is 4.72 Å². The van der Waals surface area contributed by atoms with Crippen LogP contribution in [-0.4, -0.2) is 32.5 Å². The standard InChI is InChI=1S/C10H13BrFNO4S/c1-6(17-2)5-18(15,16)13-10-8(14)4-3-7(11)9(10)12/h3-4,6,13-14H,5H2,1-2H3. The first-order chi connectivity index (χ1) is 8.26. The molecule has 0 heterocycles. The summed E-state index contributed by atoms with van der Waals surface area (Å²) in [6, 6.07) is 2.46. The van der Waals surface area contributed by atoms with Crippen LogP contribution >= 0.6 is 15.9 Å². The van der Waals surface area contributed by atoms with Gasteiger partial charge in [-0.2, -0.15) is 0 Å². The van der Waals surface area contributed by atoms with E-state index >= 15 is 0 Å². The monoisotopic (exact) mass is 341 g/mol. The molecule has 0 aliphatic rings. The van der Waals surface area contributed by atoms with Crippen molar-refractivity contribution in [2.75, 3.05) is 17.6 Å². The summed E-state index contributed by atoms with van der Waals surface area (Å²) in [5, 5.41) is 9.45. The maximum absolute atomic E-state index is 13.6. The fraction of sp³-hybridized carbons (Fsp3) is 0.400. The molecule has 0 fully saturated rings. The van der Waals surface area contributed by atoms with Gasteiger partial charge in [-0.25, -0.2) is 12.8 Å². The maximum atomic E-state index is 13.6. The molecule has 2 N–H and O–H groups in total. The number of ether oxygens (including phenoxy) is 1. The molecule has 1 rings (SSSR count). The van der Waals surface area contributed by atoms with E-state index in [0.29, 0.717) is 0 Å². The van der Waals surface area contributed by atoms with Gasteiger partial charge in [0.1, 0.15) is 11.4 Å². The number of hydrogen-bond donors (Lipinski definition) is 2. The van der Waals surface area contributed by atoms with E-state index in [2.05, 4.69) is 15.9 Å². The van der Waals surface area contributed by atoms with Gasteiger partial charge in [0.2, 0.25) is 10.0 Å². The Morgan fingerprint density at radius 1 is 1.56 bits per heavy atom. The van der Waals surface area contributed by atoms with Crippen molar-refractivity contribution in [2.45, 2.75) is 13.0 Å². The number of rotatable bonds is 5. The molecule has 0 aliphatic carbocycles. The molecule has 102 valence electrons. The Kier molecular flexibility index (Phi) is 4.94. The summed E-state index contributed by atoms with van der Waals surface area (Å²) in [6.07, 6.45) is -0.542. The Labute approximate surface area is 113 Å². The topological polar surface area (TPSA) is 75.6 Å². The predicted molar refractivity (Wildman–Crippen MR) is 69.6 cm³/mol. The largest absolute Gasteiger partial charge is 0.506 e. The number of nitrogens with one attached hydrogen (secondary N) is 1. The maximum Gasteiger partial charge on any atom is 0.235 e. The van der Waals surface area contributed by atoms with E-state index < -0.39 is 33.4 Å². The molecule has 0 saturated carbocycles. The molecule has 1 atom stereocenters. The molecule has 0 bridgehead atoms. The minimum absolute atomic E-state index is 0.0535. The third-order valence-corrected chi connectivity index (χ3v) is 4.22. The Balaban J connectivity index is 3.01. The summed E-state index contributed by atoms with van der Waals surface area (Å²) < 4.78 is 43.9. The molecule has 1 unspecified atom stereocenters. The van der Waals surface area contributed by atoms with Crippen molar-refractivity contribution in [2.24, 2.45) is 0 Å². The van der Waals surface area contributed by atoms with E-state index in [1.165, 1.54) is 19.2 Å². The van der Waals surface area contributed by atoms with Crippen LogP contribution in [0, 0.1) is 5.82 Å². The average molecular weight is 342 g/mol. The van der Waals surface area contributed by atoms with Crippen molar-refractivity contribution in [1.82, 2.24) is 0 Å². The van der Waals surface area contributed by atoms with Gasteiger partial charge >= 0.3 is 0 Å². The summed E-state index contributed by atoms with van der Waals surface area (Å²) in [4.78, 5) is 0. The summed E-state index contributed by atoms with van der Waals surface area (Å²) in [6.45, 7) is 1.57. The summed E-state index contributed by atoms with van der Waals surface area (Å²) in [5.41, 5.74) is -0.479. The molecular weight excluding hydrogens is 329 g/mol. The van der Waals surface area contributed by atoms with Crippen LogP contribution in [0.1, 0.15) is 6.92 Å². The van der Waals surface area contributed by atoms with Crippen LogP contribution in [0.25, 0.3) is 0 Å². The smallest absolute Gasteiger partial charge is 0.235 e. The highest BCUT2D eigenvalue weighted by molar-refractivity contribution is 9.10. The van der Waals surface area contributed by atoms with Crippen LogP contribution in [0.15, 0.2) is 16.6 Å². The molecule has 8 heteroatoms.